The van der Waals surface area contributed by atoms with Crippen LogP contribution in [0.3, 0.4) is 0 Å². The summed E-state index contributed by atoms with van der Waals surface area (Å²) in [7, 11) is 0. The van der Waals surface area contributed by atoms with Gasteiger partial charge in [-0.25, -0.2) is 0 Å². The molecule has 0 bridgehead atoms. The number of hydrogen-bond donors (Lipinski definition) is 1. The van der Waals surface area contributed by atoms with Gasteiger partial charge in [0.25, 0.3) is 5.91 Å². The first-order chi connectivity index (χ1) is 12.3. The van der Waals surface area contributed by atoms with Gasteiger partial charge in [-0.3, -0.25) is 4.79 Å². The van der Waals surface area contributed by atoms with Crippen LogP contribution in [0.2, 0.25) is 0 Å². The summed E-state index contributed by atoms with van der Waals surface area (Å²) in [5.74, 6) is 1.29. The maximum Gasteiger partial charge on any atom is 0.272 e. The van der Waals surface area contributed by atoms with E-state index in [2.05, 4.69) is 20.4 Å². The van der Waals surface area contributed by atoms with E-state index in [1.165, 1.54) is 6.42 Å². The number of fused-ring (bicyclic) bond motifs is 1. The highest BCUT2D eigenvalue weighted by atomic mass is 16.5. The van der Waals surface area contributed by atoms with Gasteiger partial charge in [-0.05, 0) is 44.2 Å². The summed E-state index contributed by atoms with van der Waals surface area (Å²) >= 11 is 0. The Hall–Kier alpha value is -1.73. The zero-order valence-corrected chi connectivity index (χ0v) is 14.5. The minimum atomic E-state index is -0.148. The molecule has 3 saturated heterocycles. The lowest BCUT2D eigenvalue weighted by molar-refractivity contribution is -0.0358. The first-order valence-electron chi connectivity index (χ1n) is 9.38. The molecule has 0 radical (unpaired) electrons. The molecule has 1 N–H and O–H groups in total. The van der Waals surface area contributed by atoms with Gasteiger partial charge in [0.15, 0.2) is 11.5 Å². The lowest BCUT2D eigenvalue weighted by atomic mass is 9.88. The van der Waals surface area contributed by atoms with Crippen molar-refractivity contribution in [2.24, 2.45) is 5.92 Å². The molecular weight excluding hydrogens is 320 g/mol. The van der Waals surface area contributed by atoms with Crippen LogP contribution in [0.15, 0.2) is 12.1 Å². The van der Waals surface area contributed by atoms with Gasteiger partial charge in [0.05, 0.1) is 6.10 Å². The third-order valence-corrected chi connectivity index (χ3v) is 5.48. The molecule has 2 unspecified atom stereocenters. The highest BCUT2D eigenvalue weighted by Gasteiger charge is 2.32. The number of hydrogen-bond acceptors (Lipinski definition) is 6. The van der Waals surface area contributed by atoms with Crippen LogP contribution in [0.25, 0.3) is 0 Å². The molecule has 2 atom stereocenters. The number of ether oxygens (including phenoxy) is 2. The van der Waals surface area contributed by atoms with Crippen molar-refractivity contribution in [1.82, 2.24) is 15.5 Å². The van der Waals surface area contributed by atoms with E-state index in [0.717, 1.165) is 51.2 Å². The Morgan fingerprint density at radius 3 is 2.80 bits per heavy atom. The summed E-state index contributed by atoms with van der Waals surface area (Å²) < 4.78 is 11.2. The maximum absolute atomic E-state index is 12.3. The maximum atomic E-state index is 12.3. The monoisotopic (exact) mass is 346 g/mol. The highest BCUT2D eigenvalue weighted by molar-refractivity contribution is 5.92. The van der Waals surface area contributed by atoms with Crippen LogP contribution >= 0.6 is 0 Å². The molecule has 0 aromatic carbocycles. The molecule has 7 nitrogen and oxygen atoms in total. The van der Waals surface area contributed by atoms with Crippen molar-refractivity contribution in [3.63, 3.8) is 0 Å². The van der Waals surface area contributed by atoms with Crippen molar-refractivity contribution in [3.8, 4) is 0 Å². The summed E-state index contributed by atoms with van der Waals surface area (Å²) in [6.45, 7) is 4.21. The van der Waals surface area contributed by atoms with Gasteiger partial charge in [-0.1, -0.05) is 0 Å². The number of nitrogens with zero attached hydrogens (tertiary/aromatic N) is 3. The van der Waals surface area contributed by atoms with Crippen LogP contribution < -0.4 is 10.2 Å². The molecule has 0 saturated carbocycles. The molecule has 3 aliphatic heterocycles. The number of rotatable bonds is 3. The SMILES string of the molecule is O=C(NC1CCOCC1)c1ccc(N2CCC3OCCCC3C2)nn1. The number of aromatic nitrogens is 2. The van der Waals surface area contributed by atoms with Crippen molar-refractivity contribution in [2.45, 2.75) is 44.2 Å². The van der Waals surface area contributed by atoms with Gasteiger partial charge in [-0.2, -0.15) is 0 Å². The Morgan fingerprint density at radius 1 is 1.12 bits per heavy atom. The van der Waals surface area contributed by atoms with Gasteiger partial charge >= 0.3 is 0 Å². The second kappa shape index (κ2) is 7.66. The lowest BCUT2D eigenvalue weighted by Gasteiger charge is -2.41. The summed E-state index contributed by atoms with van der Waals surface area (Å²) in [6.07, 6.45) is 5.53. The average Bonchev–Trinajstić information content (AvgIpc) is 2.68. The predicted octanol–water partition coefficient (Wildman–Crippen LogP) is 1.39. The molecule has 0 aliphatic carbocycles. The second-order valence-electron chi connectivity index (χ2n) is 7.18. The smallest absolute Gasteiger partial charge is 0.272 e. The van der Waals surface area contributed by atoms with Crippen molar-refractivity contribution < 1.29 is 14.3 Å². The fourth-order valence-electron chi connectivity index (χ4n) is 4.01. The first-order valence-corrected chi connectivity index (χ1v) is 9.38. The molecule has 1 aromatic rings. The third-order valence-electron chi connectivity index (χ3n) is 5.48. The van der Waals surface area contributed by atoms with Crippen molar-refractivity contribution >= 4 is 11.7 Å². The Bertz CT molecular complexity index is 588. The Morgan fingerprint density at radius 2 is 2.00 bits per heavy atom. The second-order valence-corrected chi connectivity index (χ2v) is 7.18. The van der Waals surface area contributed by atoms with Crippen LogP contribution in [-0.2, 0) is 9.47 Å². The van der Waals surface area contributed by atoms with E-state index in [4.69, 9.17) is 9.47 Å². The van der Waals surface area contributed by atoms with E-state index in [9.17, 15) is 4.79 Å². The van der Waals surface area contributed by atoms with Crippen LogP contribution in [0.1, 0.15) is 42.6 Å². The first kappa shape index (κ1) is 16.7. The molecule has 4 rings (SSSR count). The van der Waals surface area contributed by atoms with E-state index < -0.39 is 0 Å². The summed E-state index contributed by atoms with van der Waals surface area (Å²) in [5.41, 5.74) is 0.381. The van der Waals surface area contributed by atoms with Crippen molar-refractivity contribution in [2.75, 3.05) is 37.8 Å². The Labute approximate surface area is 148 Å². The Kier molecular flexibility index (Phi) is 5.12. The number of amides is 1. The van der Waals surface area contributed by atoms with Gasteiger partial charge in [0.1, 0.15) is 0 Å². The van der Waals surface area contributed by atoms with Crippen molar-refractivity contribution in [3.05, 3.63) is 17.8 Å². The molecular formula is C18H26N4O3. The van der Waals surface area contributed by atoms with Crippen LogP contribution in [0, 0.1) is 5.92 Å². The molecule has 7 heteroatoms. The van der Waals surface area contributed by atoms with E-state index in [1.807, 2.05) is 6.07 Å². The zero-order chi connectivity index (χ0) is 17.1. The molecule has 1 amide bonds. The number of piperidine rings is 1. The summed E-state index contributed by atoms with van der Waals surface area (Å²) in [4.78, 5) is 14.6. The number of nitrogens with one attached hydrogen (secondary N) is 1. The normalized spacial score (nSPS) is 27.6. The average molecular weight is 346 g/mol. The fourth-order valence-corrected chi connectivity index (χ4v) is 4.01. The van der Waals surface area contributed by atoms with Crippen LogP contribution in [-0.4, -0.2) is 61.2 Å². The molecule has 4 heterocycles. The fraction of sp³-hybridized carbons (Fsp3) is 0.722. The standard InChI is InChI=1S/C18H26N4O3/c23-18(19-14-6-10-24-11-7-14)15-3-4-17(21-20-15)22-8-5-16-13(12-22)2-1-9-25-16/h3-4,13-14,16H,1-2,5-12H2,(H,19,23). The van der Waals surface area contributed by atoms with E-state index in [1.54, 1.807) is 6.07 Å². The minimum Gasteiger partial charge on any atom is -0.381 e. The van der Waals surface area contributed by atoms with E-state index >= 15 is 0 Å². The van der Waals surface area contributed by atoms with Gasteiger partial charge in [0, 0.05) is 44.9 Å². The van der Waals surface area contributed by atoms with Crippen LogP contribution in [0.4, 0.5) is 5.82 Å². The number of carbonyl (C=O) groups is 1. The summed E-state index contributed by atoms with van der Waals surface area (Å²) in [5, 5.41) is 11.5. The van der Waals surface area contributed by atoms with Gasteiger partial charge in [0.2, 0.25) is 0 Å². The largest absolute Gasteiger partial charge is 0.381 e. The molecule has 3 fully saturated rings. The van der Waals surface area contributed by atoms with E-state index in [-0.39, 0.29) is 11.9 Å². The highest BCUT2D eigenvalue weighted by Crippen LogP contribution is 2.30. The predicted molar refractivity (Wildman–Crippen MR) is 92.6 cm³/mol. The third kappa shape index (κ3) is 3.93. The van der Waals surface area contributed by atoms with Gasteiger partial charge < -0.3 is 19.7 Å². The molecule has 3 aliphatic rings. The Balaban J connectivity index is 1.35. The molecule has 136 valence electrons. The van der Waals surface area contributed by atoms with Crippen LogP contribution in [0.5, 0.6) is 0 Å². The number of anilines is 1. The number of carbonyl (C=O) groups excluding carboxylic acids is 1. The van der Waals surface area contributed by atoms with Gasteiger partial charge in [-0.15, -0.1) is 10.2 Å². The quantitative estimate of drug-likeness (QED) is 0.891. The minimum absolute atomic E-state index is 0.148. The molecule has 25 heavy (non-hydrogen) atoms. The topological polar surface area (TPSA) is 76.6 Å². The molecule has 0 spiro atoms. The zero-order valence-electron chi connectivity index (χ0n) is 14.5. The lowest BCUT2D eigenvalue weighted by Crippen LogP contribution is -2.46. The summed E-state index contributed by atoms with van der Waals surface area (Å²) in [6, 6.07) is 3.86. The van der Waals surface area contributed by atoms with Crippen molar-refractivity contribution in [1.29, 1.82) is 0 Å². The van der Waals surface area contributed by atoms with E-state index in [0.29, 0.717) is 30.9 Å². The molecule has 1 aromatic heterocycles.